The first-order valence-electron chi connectivity index (χ1n) is 6.56. The number of ether oxygens (including phenoxy) is 1. The van der Waals surface area contributed by atoms with Crippen molar-refractivity contribution in [3.05, 3.63) is 54.1 Å². The SMILES string of the molecule is NCC1(c2cccc(Oc3ccc(N)cc3)c2)CC1. The maximum atomic E-state index is 5.87. The molecule has 19 heavy (non-hydrogen) atoms. The van der Waals surface area contributed by atoms with Gasteiger partial charge in [-0.15, -0.1) is 0 Å². The van der Waals surface area contributed by atoms with E-state index in [0.29, 0.717) is 6.54 Å². The Labute approximate surface area is 113 Å². The van der Waals surface area contributed by atoms with Crippen LogP contribution in [-0.4, -0.2) is 6.54 Å². The average molecular weight is 254 g/mol. The molecule has 3 heteroatoms. The Hall–Kier alpha value is -2.00. The smallest absolute Gasteiger partial charge is 0.127 e. The lowest BCUT2D eigenvalue weighted by atomic mass is 9.96. The normalized spacial score (nSPS) is 16.1. The molecule has 1 aliphatic carbocycles. The molecule has 0 amide bonds. The van der Waals surface area contributed by atoms with Crippen molar-refractivity contribution in [3.8, 4) is 11.5 Å². The molecule has 0 spiro atoms. The van der Waals surface area contributed by atoms with Crippen molar-refractivity contribution in [1.82, 2.24) is 0 Å². The van der Waals surface area contributed by atoms with Crippen molar-refractivity contribution in [2.75, 3.05) is 12.3 Å². The average Bonchev–Trinajstić information content (AvgIpc) is 3.23. The Morgan fingerprint density at radius 2 is 1.74 bits per heavy atom. The second-order valence-electron chi connectivity index (χ2n) is 5.18. The Kier molecular flexibility index (Phi) is 2.91. The van der Waals surface area contributed by atoms with Gasteiger partial charge in [0.1, 0.15) is 11.5 Å². The summed E-state index contributed by atoms with van der Waals surface area (Å²) in [5, 5.41) is 0. The molecule has 0 radical (unpaired) electrons. The van der Waals surface area contributed by atoms with E-state index in [2.05, 4.69) is 12.1 Å². The minimum Gasteiger partial charge on any atom is -0.457 e. The first-order chi connectivity index (χ1) is 9.22. The molecular formula is C16H18N2O. The first kappa shape index (κ1) is 12.1. The monoisotopic (exact) mass is 254 g/mol. The Bertz CT molecular complexity index is 574. The molecule has 0 atom stereocenters. The van der Waals surface area contributed by atoms with Crippen LogP contribution in [0.1, 0.15) is 18.4 Å². The predicted molar refractivity (Wildman–Crippen MR) is 77.3 cm³/mol. The fourth-order valence-corrected chi connectivity index (χ4v) is 2.32. The Morgan fingerprint density at radius 1 is 1.00 bits per heavy atom. The summed E-state index contributed by atoms with van der Waals surface area (Å²) in [5.74, 6) is 1.64. The van der Waals surface area contributed by atoms with Crippen molar-refractivity contribution in [2.24, 2.45) is 5.73 Å². The van der Waals surface area contributed by atoms with Crippen molar-refractivity contribution >= 4 is 5.69 Å². The maximum absolute atomic E-state index is 5.87. The molecule has 98 valence electrons. The van der Waals surface area contributed by atoms with Crippen LogP contribution >= 0.6 is 0 Å². The molecule has 0 unspecified atom stereocenters. The quantitative estimate of drug-likeness (QED) is 0.824. The zero-order chi connectivity index (χ0) is 13.3. The summed E-state index contributed by atoms with van der Waals surface area (Å²) in [5.41, 5.74) is 13.7. The second-order valence-corrected chi connectivity index (χ2v) is 5.18. The van der Waals surface area contributed by atoms with E-state index in [4.69, 9.17) is 16.2 Å². The van der Waals surface area contributed by atoms with Gasteiger partial charge in [0, 0.05) is 17.6 Å². The van der Waals surface area contributed by atoms with Gasteiger partial charge in [0.05, 0.1) is 0 Å². The molecule has 3 nitrogen and oxygen atoms in total. The van der Waals surface area contributed by atoms with Gasteiger partial charge in [-0.3, -0.25) is 0 Å². The summed E-state index contributed by atoms with van der Waals surface area (Å²) in [6.45, 7) is 0.707. The number of nitrogens with two attached hydrogens (primary N) is 2. The van der Waals surface area contributed by atoms with Crippen molar-refractivity contribution in [3.63, 3.8) is 0 Å². The highest BCUT2D eigenvalue weighted by atomic mass is 16.5. The molecule has 0 aliphatic heterocycles. The van der Waals surface area contributed by atoms with Crippen LogP contribution in [0.25, 0.3) is 0 Å². The van der Waals surface area contributed by atoms with E-state index in [1.807, 2.05) is 36.4 Å². The molecule has 2 aromatic rings. The summed E-state index contributed by atoms with van der Waals surface area (Å²) >= 11 is 0. The lowest BCUT2D eigenvalue weighted by molar-refractivity contribution is 0.481. The molecule has 2 aromatic carbocycles. The van der Waals surface area contributed by atoms with E-state index in [-0.39, 0.29) is 5.41 Å². The van der Waals surface area contributed by atoms with E-state index >= 15 is 0 Å². The molecular weight excluding hydrogens is 236 g/mol. The maximum Gasteiger partial charge on any atom is 0.127 e. The zero-order valence-corrected chi connectivity index (χ0v) is 10.8. The van der Waals surface area contributed by atoms with E-state index in [0.717, 1.165) is 17.2 Å². The molecule has 4 N–H and O–H groups in total. The van der Waals surface area contributed by atoms with Crippen LogP contribution in [0.5, 0.6) is 11.5 Å². The van der Waals surface area contributed by atoms with Crippen LogP contribution in [0.4, 0.5) is 5.69 Å². The minimum atomic E-state index is 0.195. The van der Waals surface area contributed by atoms with E-state index in [9.17, 15) is 0 Å². The molecule has 0 bridgehead atoms. The molecule has 1 aliphatic rings. The van der Waals surface area contributed by atoms with Gasteiger partial charge in [-0.05, 0) is 54.8 Å². The Balaban J connectivity index is 1.82. The predicted octanol–water partition coefficient (Wildman–Crippen LogP) is 3.05. The van der Waals surface area contributed by atoms with E-state index in [1.165, 1.54) is 18.4 Å². The molecule has 0 saturated heterocycles. The topological polar surface area (TPSA) is 61.3 Å². The number of rotatable bonds is 4. The molecule has 0 aromatic heterocycles. The second kappa shape index (κ2) is 4.59. The third-order valence-corrected chi connectivity index (χ3v) is 3.81. The van der Waals surface area contributed by atoms with Gasteiger partial charge >= 0.3 is 0 Å². The highest BCUT2D eigenvalue weighted by Crippen LogP contribution is 2.47. The summed E-state index contributed by atoms with van der Waals surface area (Å²) in [6.07, 6.45) is 2.35. The number of hydrogen-bond donors (Lipinski definition) is 2. The fraction of sp³-hybridized carbons (Fsp3) is 0.250. The zero-order valence-electron chi connectivity index (χ0n) is 10.8. The Morgan fingerprint density at radius 3 is 2.37 bits per heavy atom. The third kappa shape index (κ3) is 2.42. The van der Waals surface area contributed by atoms with Crippen LogP contribution in [-0.2, 0) is 5.41 Å². The summed E-state index contributed by atoms with van der Waals surface area (Å²) < 4.78 is 5.85. The molecule has 1 saturated carbocycles. The third-order valence-electron chi connectivity index (χ3n) is 3.81. The number of nitrogen functional groups attached to an aromatic ring is 1. The number of hydrogen-bond acceptors (Lipinski definition) is 3. The fourth-order valence-electron chi connectivity index (χ4n) is 2.32. The highest BCUT2D eigenvalue weighted by Gasteiger charge is 2.42. The van der Waals surface area contributed by atoms with Crippen LogP contribution in [0.15, 0.2) is 48.5 Å². The van der Waals surface area contributed by atoms with Gasteiger partial charge in [-0.2, -0.15) is 0 Å². The van der Waals surface area contributed by atoms with E-state index in [1.54, 1.807) is 0 Å². The largest absolute Gasteiger partial charge is 0.457 e. The number of anilines is 1. The lowest BCUT2D eigenvalue weighted by Gasteiger charge is -2.14. The molecule has 0 heterocycles. The summed E-state index contributed by atoms with van der Waals surface area (Å²) in [4.78, 5) is 0. The minimum absolute atomic E-state index is 0.195. The molecule has 3 rings (SSSR count). The number of benzene rings is 2. The lowest BCUT2D eigenvalue weighted by Crippen LogP contribution is -2.19. The van der Waals surface area contributed by atoms with Gasteiger partial charge in [-0.25, -0.2) is 0 Å². The van der Waals surface area contributed by atoms with Crippen LogP contribution in [0, 0.1) is 0 Å². The van der Waals surface area contributed by atoms with Gasteiger partial charge in [-0.1, -0.05) is 12.1 Å². The van der Waals surface area contributed by atoms with Gasteiger partial charge in [0.15, 0.2) is 0 Å². The van der Waals surface area contributed by atoms with Gasteiger partial charge in [0.2, 0.25) is 0 Å². The summed E-state index contributed by atoms with van der Waals surface area (Å²) in [7, 11) is 0. The summed E-state index contributed by atoms with van der Waals surface area (Å²) in [6, 6.07) is 15.6. The van der Waals surface area contributed by atoms with Gasteiger partial charge in [0.25, 0.3) is 0 Å². The van der Waals surface area contributed by atoms with Crippen LogP contribution in [0.2, 0.25) is 0 Å². The van der Waals surface area contributed by atoms with E-state index < -0.39 is 0 Å². The van der Waals surface area contributed by atoms with Crippen LogP contribution in [0.3, 0.4) is 0 Å². The van der Waals surface area contributed by atoms with Gasteiger partial charge < -0.3 is 16.2 Å². The standard InChI is InChI=1S/C16H18N2O/c17-11-16(8-9-16)12-2-1-3-15(10-12)19-14-6-4-13(18)5-7-14/h1-7,10H,8-9,11,17-18H2. The highest BCUT2D eigenvalue weighted by molar-refractivity contribution is 5.44. The first-order valence-corrected chi connectivity index (χ1v) is 6.56. The van der Waals surface area contributed by atoms with Crippen LogP contribution < -0.4 is 16.2 Å². The van der Waals surface area contributed by atoms with Crippen molar-refractivity contribution in [1.29, 1.82) is 0 Å². The van der Waals surface area contributed by atoms with Crippen molar-refractivity contribution < 1.29 is 4.74 Å². The van der Waals surface area contributed by atoms with Crippen molar-refractivity contribution in [2.45, 2.75) is 18.3 Å². The molecule has 1 fully saturated rings.